The number of hydrogen-bond acceptors (Lipinski definition) is 4. The third kappa shape index (κ3) is 2.73. The predicted octanol–water partition coefficient (Wildman–Crippen LogP) is 2.98. The maximum Gasteiger partial charge on any atom is 0.232 e. The molecule has 4 nitrogen and oxygen atoms in total. The van der Waals surface area contributed by atoms with Gasteiger partial charge in [0.2, 0.25) is 11.7 Å². The molecule has 2 unspecified atom stereocenters. The molecule has 0 saturated carbocycles. The lowest BCUT2D eigenvalue weighted by Crippen LogP contribution is -2.11. The average Bonchev–Trinajstić information content (AvgIpc) is 2.77. The fourth-order valence-electron chi connectivity index (χ4n) is 1.37. The molecule has 2 rings (SSSR count). The molecule has 1 aromatic heterocycles. The van der Waals surface area contributed by atoms with Crippen LogP contribution in [0.1, 0.15) is 25.7 Å². The molecule has 0 spiro atoms. The lowest BCUT2D eigenvalue weighted by molar-refractivity contribution is 0.151. The second kappa shape index (κ2) is 4.98. The summed E-state index contributed by atoms with van der Waals surface area (Å²) in [5, 5.41) is 13.4. The molecule has 90 valence electrons. The van der Waals surface area contributed by atoms with Crippen LogP contribution in [0.5, 0.6) is 0 Å². The first kappa shape index (κ1) is 12.3. The minimum absolute atomic E-state index is 0.164. The Hall–Kier alpha value is -1.20. The Morgan fingerprint density at radius 3 is 2.76 bits per heavy atom. The summed E-state index contributed by atoms with van der Waals surface area (Å²) >= 11 is 3.39. The number of aliphatic hydroxyl groups excluding tert-OH is 1. The van der Waals surface area contributed by atoms with Gasteiger partial charge in [0.1, 0.15) is 0 Å². The zero-order valence-corrected chi connectivity index (χ0v) is 11.2. The van der Waals surface area contributed by atoms with Crippen LogP contribution in [-0.2, 0) is 0 Å². The van der Waals surface area contributed by atoms with Crippen molar-refractivity contribution in [1.82, 2.24) is 10.1 Å². The largest absolute Gasteiger partial charge is 0.393 e. The highest BCUT2D eigenvalue weighted by Crippen LogP contribution is 2.23. The van der Waals surface area contributed by atoms with E-state index in [1.165, 1.54) is 0 Å². The molecule has 0 fully saturated rings. The minimum atomic E-state index is -0.509. The molecule has 0 aliphatic rings. The molecule has 0 radical (unpaired) electrons. The van der Waals surface area contributed by atoms with Crippen LogP contribution in [0.25, 0.3) is 11.4 Å². The lowest BCUT2D eigenvalue weighted by Gasteiger charge is -2.07. The van der Waals surface area contributed by atoms with Gasteiger partial charge in [-0.1, -0.05) is 40.1 Å². The second-order valence-corrected chi connectivity index (χ2v) is 4.91. The lowest BCUT2D eigenvalue weighted by atomic mass is 10.1. The zero-order chi connectivity index (χ0) is 12.4. The monoisotopic (exact) mass is 296 g/mol. The number of halogens is 1. The molecule has 5 heteroatoms. The summed E-state index contributed by atoms with van der Waals surface area (Å²) in [6, 6.07) is 7.67. The molecule has 0 aliphatic carbocycles. The second-order valence-electron chi connectivity index (χ2n) is 4.00. The molecule has 1 heterocycles. The van der Waals surface area contributed by atoms with E-state index in [1.54, 1.807) is 6.92 Å². The number of benzene rings is 1. The smallest absolute Gasteiger partial charge is 0.232 e. The Morgan fingerprint density at radius 2 is 2.12 bits per heavy atom. The molecule has 2 atom stereocenters. The van der Waals surface area contributed by atoms with Gasteiger partial charge in [-0.15, -0.1) is 0 Å². The Morgan fingerprint density at radius 1 is 1.35 bits per heavy atom. The van der Waals surface area contributed by atoms with E-state index >= 15 is 0 Å². The van der Waals surface area contributed by atoms with E-state index in [0.29, 0.717) is 11.7 Å². The normalized spacial score (nSPS) is 14.6. The first-order valence-electron chi connectivity index (χ1n) is 5.35. The molecule has 17 heavy (non-hydrogen) atoms. The van der Waals surface area contributed by atoms with E-state index in [-0.39, 0.29) is 5.92 Å². The van der Waals surface area contributed by atoms with E-state index in [9.17, 15) is 5.11 Å². The maximum absolute atomic E-state index is 9.46. The van der Waals surface area contributed by atoms with Gasteiger partial charge in [0.25, 0.3) is 0 Å². The predicted molar refractivity (Wildman–Crippen MR) is 67.5 cm³/mol. The zero-order valence-electron chi connectivity index (χ0n) is 9.59. The van der Waals surface area contributed by atoms with Crippen molar-refractivity contribution in [2.45, 2.75) is 25.9 Å². The number of rotatable bonds is 3. The molecule has 0 aliphatic heterocycles. The summed E-state index contributed by atoms with van der Waals surface area (Å²) in [6.07, 6.45) is -0.509. The van der Waals surface area contributed by atoms with Crippen LogP contribution in [0.15, 0.2) is 33.3 Å². The summed E-state index contributed by atoms with van der Waals surface area (Å²) in [6.45, 7) is 3.55. The van der Waals surface area contributed by atoms with Gasteiger partial charge in [-0.2, -0.15) is 4.98 Å². The Kier molecular flexibility index (Phi) is 3.59. The highest BCUT2D eigenvalue weighted by Gasteiger charge is 2.19. The summed E-state index contributed by atoms with van der Waals surface area (Å²) < 4.78 is 6.11. The van der Waals surface area contributed by atoms with Crippen LogP contribution in [0.2, 0.25) is 0 Å². The van der Waals surface area contributed by atoms with Crippen LogP contribution in [0.3, 0.4) is 0 Å². The number of aliphatic hydroxyl groups is 1. The standard InChI is InChI=1S/C12H13BrN2O2/c1-7(8(2)16)12-14-11(15-17-12)9-4-3-5-10(13)6-9/h3-8,16H,1-2H3. The molecule has 2 aromatic rings. The highest BCUT2D eigenvalue weighted by atomic mass is 79.9. The van der Waals surface area contributed by atoms with Gasteiger partial charge in [-0.25, -0.2) is 0 Å². The van der Waals surface area contributed by atoms with Gasteiger partial charge in [-0.05, 0) is 19.1 Å². The van der Waals surface area contributed by atoms with E-state index in [0.717, 1.165) is 10.0 Å². The summed E-state index contributed by atoms with van der Waals surface area (Å²) in [4.78, 5) is 4.28. The van der Waals surface area contributed by atoms with Crippen molar-refractivity contribution < 1.29 is 9.63 Å². The Labute approximate surface area is 108 Å². The van der Waals surface area contributed by atoms with Gasteiger partial charge in [0, 0.05) is 10.0 Å². The van der Waals surface area contributed by atoms with E-state index in [1.807, 2.05) is 31.2 Å². The maximum atomic E-state index is 9.46. The quantitative estimate of drug-likeness (QED) is 0.946. The van der Waals surface area contributed by atoms with Crippen LogP contribution in [0.4, 0.5) is 0 Å². The topological polar surface area (TPSA) is 59.2 Å². The first-order chi connectivity index (χ1) is 8.08. The van der Waals surface area contributed by atoms with Gasteiger partial charge in [-0.3, -0.25) is 0 Å². The summed E-state index contributed by atoms with van der Waals surface area (Å²) in [5.74, 6) is 0.826. The highest BCUT2D eigenvalue weighted by molar-refractivity contribution is 9.10. The van der Waals surface area contributed by atoms with Crippen molar-refractivity contribution in [2.24, 2.45) is 0 Å². The number of hydrogen-bond donors (Lipinski definition) is 1. The fourth-order valence-corrected chi connectivity index (χ4v) is 1.77. The van der Waals surface area contributed by atoms with Crippen LogP contribution in [0, 0.1) is 0 Å². The Bertz CT molecular complexity index is 511. The van der Waals surface area contributed by atoms with Crippen LogP contribution < -0.4 is 0 Å². The van der Waals surface area contributed by atoms with Crippen molar-refractivity contribution in [1.29, 1.82) is 0 Å². The van der Waals surface area contributed by atoms with Crippen molar-refractivity contribution in [3.63, 3.8) is 0 Å². The molecule has 1 N–H and O–H groups in total. The van der Waals surface area contributed by atoms with E-state index in [2.05, 4.69) is 26.1 Å². The minimum Gasteiger partial charge on any atom is -0.393 e. The molecule has 0 saturated heterocycles. The van der Waals surface area contributed by atoms with Gasteiger partial charge < -0.3 is 9.63 Å². The third-order valence-corrected chi connectivity index (χ3v) is 3.13. The first-order valence-corrected chi connectivity index (χ1v) is 6.15. The summed E-state index contributed by atoms with van der Waals surface area (Å²) in [5.41, 5.74) is 0.882. The molecular weight excluding hydrogens is 284 g/mol. The van der Waals surface area contributed by atoms with Crippen LogP contribution >= 0.6 is 15.9 Å². The third-order valence-electron chi connectivity index (χ3n) is 2.64. The van der Waals surface area contributed by atoms with E-state index < -0.39 is 6.10 Å². The average molecular weight is 297 g/mol. The van der Waals surface area contributed by atoms with Gasteiger partial charge in [0.15, 0.2) is 0 Å². The van der Waals surface area contributed by atoms with Crippen molar-refractivity contribution >= 4 is 15.9 Å². The van der Waals surface area contributed by atoms with E-state index in [4.69, 9.17) is 4.52 Å². The molecular formula is C12H13BrN2O2. The Balaban J connectivity index is 2.30. The van der Waals surface area contributed by atoms with Crippen molar-refractivity contribution in [3.05, 3.63) is 34.6 Å². The van der Waals surface area contributed by atoms with Gasteiger partial charge in [0.05, 0.1) is 12.0 Å². The van der Waals surface area contributed by atoms with Gasteiger partial charge >= 0.3 is 0 Å². The molecule has 1 aromatic carbocycles. The molecule has 0 bridgehead atoms. The SMILES string of the molecule is CC(O)C(C)c1nc(-c2cccc(Br)c2)no1. The van der Waals surface area contributed by atoms with Crippen LogP contribution in [-0.4, -0.2) is 21.4 Å². The number of nitrogens with zero attached hydrogens (tertiary/aromatic N) is 2. The van der Waals surface area contributed by atoms with Crippen molar-refractivity contribution in [3.8, 4) is 11.4 Å². The van der Waals surface area contributed by atoms with Crippen molar-refractivity contribution in [2.75, 3.05) is 0 Å². The number of aromatic nitrogens is 2. The fraction of sp³-hybridized carbons (Fsp3) is 0.333. The molecule has 0 amide bonds. The summed E-state index contributed by atoms with van der Waals surface area (Å²) in [7, 11) is 0.